The highest BCUT2D eigenvalue weighted by Crippen LogP contribution is 2.28. The Bertz CT molecular complexity index is 906. The summed E-state index contributed by atoms with van der Waals surface area (Å²) in [4.78, 5) is 6.12. The van der Waals surface area contributed by atoms with Gasteiger partial charge in [0.05, 0.1) is 7.11 Å². The first kappa shape index (κ1) is 22.7. The molecule has 0 aliphatic carbocycles. The van der Waals surface area contributed by atoms with Gasteiger partial charge in [-0.3, -0.25) is 9.88 Å². The van der Waals surface area contributed by atoms with Crippen molar-refractivity contribution in [1.82, 2.24) is 15.2 Å². The Labute approximate surface area is 184 Å². The summed E-state index contributed by atoms with van der Waals surface area (Å²) in [5, 5.41) is 13.9. The molecule has 2 N–H and O–H groups in total. The second-order valence-corrected chi connectivity index (χ2v) is 7.59. The molecule has 6 nitrogen and oxygen atoms in total. The Balaban J connectivity index is 1.49. The first-order chi connectivity index (χ1) is 15.1. The predicted molar refractivity (Wildman–Crippen MR) is 122 cm³/mol. The summed E-state index contributed by atoms with van der Waals surface area (Å²) in [6, 6.07) is 20.1. The molecule has 0 aliphatic rings. The molecule has 0 amide bonds. The van der Waals surface area contributed by atoms with Crippen molar-refractivity contribution in [1.29, 1.82) is 0 Å². The van der Waals surface area contributed by atoms with E-state index in [-0.39, 0.29) is 6.61 Å². The molecule has 2 aromatic carbocycles. The third-order valence-corrected chi connectivity index (χ3v) is 4.88. The molecule has 6 heteroatoms. The van der Waals surface area contributed by atoms with Crippen LogP contribution in [-0.2, 0) is 19.6 Å². The standard InChI is InChI=1S/C25H31N3O3/c1-28(17-21-6-4-3-5-7-21)18-23(29)19-31-25-14-22(8-9-24(25)30-2)16-27-15-20-10-12-26-13-11-20/h3-14,23,27,29H,15-19H2,1-2H3. The largest absolute Gasteiger partial charge is 0.493 e. The number of nitrogens with zero attached hydrogens (tertiary/aromatic N) is 2. The van der Waals surface area contributed by atoms with Crippen molar-refractivity contribution < 1.29 is 14.6 Å². The normalized spacial score (nSPS) is 12.0. The Hall–Kier alpha value is -2.93. The minimum Gasteiger partial charge on any atom is -0.493 e. The number of ether oxygens (including phenoxy) is 2. The maximum Gasteiger partial charge on any atom is 0.161 e. The van der Waals surface area contributed by atoms with Crippen molar-refractivity contribution >= 4 is 0 Å². The number of nitrogens with one attached hydrogen (secondary N) is 1. The Morgan fingerprint density at radius 1 is 0.935 bits per heavy atom. The van der Waals surface area contributed by atoms with E-state index < -0.39 is 6.10 Å². The van der Waals surface area contributed by atoms with Crippen molar-refractivity contribution in [2.45, 2.75) is 25.7 Å². The van der Waals surface area contributed by atoms with Gasteiger partial charge in [-0.25, -0.2) is 0 Å². The van der Waals surface area contributed by atoms with Crippen LogP contribution in [0, 0.1) is 0 Å². The molecule has 0 bridgehead atoms. The lowest BCUT2D eigenvalue weighted by atomic mass is 10.2. The molecule has 0 radical (unpaired) electrons. The van der Waals surface area contributed by atoms with Crippen LogP contribution in [-0.4, -0.2) is 48.4 Å². The van der Waals surface area contributed by atoms with Gasteiger partial charge in [-0.05, 0) is 48.0 Å². The zero-order valence-corrected chi connectivity index (χ0v) is 18.2. The smallest absolute Gasteiger partial charge is 0.161 e. The van der Waals surface area contributed by atoms with Gasteiger partial charge in [-0.2, -0.15) is 0 Å². The van der Waals surface area contributed by atoms with E-state index in [1.165, 1.54) is 11.1 Å². The van der Waals surface area contributed by atoms with Gasteiger partial charge in [0.2, 0.25) is 0 Å². The number of aliphatic hydroxyl groups excluding tert-OH is 1. The molecule has 0 spiro atoms. The van der Waals surface area contributed by atoms with E-state index in [0.717, 1.165) is 18.7 Å². The summed E-state index contributed by atoms with van der Waals surface area (Å²) in [6.07, 6.45) is 2.98. The topological polar surface area (TPSA) is 66.8 Å². The van der Waals surface area contributed by atoms with Crippen LogP contribution in [0.4, 0.5) is 0 Å². The van der Waals surface area contributed by atoms with Crippen molar-refractivity contribution in [2.24, 2.45) is 0 Å². The SMILES string of the molecule is COc1ccc(CNCc2ccncc2)cc1OCC(O)CN(C)Cc1ccccc1. The summed E-state index contributed by atoms with van der Waals surface area (Å²) in [5.41, 5.74) is 3.48. The molecule has 3 rings (SSSR count). The molecule has 0 aliphatic heterocycles. The lowest BCUT2D eigenvalue weighted by Gasteiger charge is -2.21. The Morgan fingerprint density at radius 2 is 1.68 bits per heavy atom. The zero-order chi connectivity index (χ0) is 21.9. The Kier molecular flexibility index (Phi) is 8.84. The molecule has 1 atom stereocenters. The van der Waals surface area contributed by atoms with E-state index in [1.54, 1.807) is 19.5 Å². The van der Waals surface area contributed by atoms with Gasteiger partial charge < -0.3 is 19.9 Å². The number of methoxy groups -OCH3 is 1. The van der Waals surface area contributed by atoms with Crippen LogP contribution in [0.15, 0.2) is 73.1 Å². The van der Waals surface area contributed by atoms with Crippen LogP contribution < -0.4 is 14.8 Å². The monoisotopic (exact) mass is 421 g/mol. The van der Waals surface area contributed by atoms with Gasteiger partial charge in [0.15, 0.2) is 11.5 Å². The molecule has 0 fully saturated rings. The summed E-state index contributed by atoms with van der Waals surface area (Å²) in [5.74, 6) is 1.29. The average Bonchev–Trinajstić information content (AvgIpc) is 2.79. The number of hydrogen-bond acceptors (Lipinski definition) is 6. The Morgan fingerprint density at radius 3 is 2.42 bits per heavy atom. The maximum absolute atomic E-state index is 10.4. The molecule has 1 heterocycles. The second kappa shape index (κ2) is 12.1. The number of benzene rings is 2. The summed E-state index contributed by atoms with van der Waals surface area (Å²) in [6.45, 7) is 2.95. The van der Waals surface area contributed by atoms with Crippen molar-refractivity contribution in [3.63, 3.8) is 0 Å². The van der Waals surface area contributed by atoms with Crippen LogP contribution in [0.1, 0.15) is 16.7 Å². The minimum atomic E-state index is -0.605. The third kappa shape index (κ3) is 7.68. The fourth-order valence-corrected chi connectivity index (χ4v) is 3.35. The van der Waals surface area contributed by atoms with E-state index in [0.29, 0.717) is 24.6 Å². The van der Waals surface area contributed by atoms with Gasteiger partial charge in [0.25, 0.3) is 0 Å². The maximum atomic E-state index is 10.4. The minimum absolute atomic E-state index is 0.198. The molecular weight excluding hydrogens is 390 g/mol. The molecule has 3 aromatic rings. The van der Waals surface area contributed by atoms with Crippen LogP contribution in [0.2, 0.25) is 0 Å². The fraction of sp³-hybridized carbons (Fsp3) is 0.320. The van der Waals surface area contributed by atoms with Gasteiger partial charge >= 0.3 is 0 Å². The quantitative estimate of drug-likeness (QED) is 0.468. The molecule has 1 aromatic heterocycles. The summed E-state index contributed by atoms with van der Waals surface area (Å²) < 4.78 is 11.3. The van der Waals surface area contributed by atoms with E-state index in [1.807, 2.05) is 55.6 Å². The van der Waals surface area contributed by atoms with Crippen molar-refractivity contribution in [2.75, 3.05) is 27.3 Å². The van der Waals surface area contributed by atoms with Gasteiger partial charge in [-0.15, -0.1) is 0 Å². The lowest BCUT2D eigenvalue weighted by Crippen LogP contribution is -2.32. The average molecular weight is 422 g/mol. The van der Waals surface area contributed by atoms with Crippen LogP contribution in [0.25, 0.3) is 0 Å². The highest BCUT2D eigenvalue weighted by atomic mass is 16.5. The molecule has 31 heavy (non-hydrogen) atoms. The van der Waals surface area contributed by atoms with E-state index in [9.17, 15) is 5.11 Å². The number of aliphatic hydroxyl groups is 1. The van der Waals surface area contributed by atoms with Crippen molar-refractivity contribution in [3.8, 4) is 11.5 Å². The molecule has 1 unspecified atom stereocenters. The molecule has 0 saturated heterocycles. The van der Waals surface area contributed by atoms with Crippen LogP contribution >= 0.6 is 0 Å². The van der Waals surface area contributed by atoms with Gasteiger partial charge in [0, 0.05) is 38.6 Å². The number of likely N-dealkylation sites (N-methyl/N-ethyl adjacent to an activating group) is 1. The fourth-order valence-electron chi connectivity index (χ4n) is 3.35. The zero-order valence-electron chi connectivity index (χ0n) is 18.2. The molecule has 164 valence electrons. The molecular formula is C25H31N3O3. The number of rotatable bonds is 12. The van der Waals surface area contributed by atoms with Crippen LogP contribution in [0.3, 0.4) is 0 Å². The van der Waals surface area contributed by atoms with E-state index >= 15 is 0 Å². The lowest BCUT2D eigenvalue weighted by molar-refractivity contribution is 0.0732. The second-order valence-electron chi connectivity index (χ2n) is 7.59. The highest BCUT2D eigenvalue weighted by molar-refractivity contribution is 5.43. The number of hydrogen-bond donors (Lipinski definition) is 2. The van der Waals surface area contributed by atoms with Gasteiger partial charge in [0.1, 0.15) is 12.7 Å². The predicted octanol–water partition coefficient (Wildman–Crippen LogP) is 3.25. The highest BCUT2D eigenvalue weighted by Gasteiger charge is 2.12. The van der Waals surface area contributed by atoms with Gasteiger partial charge in [-0.1, -0.05) is 36.4 Å². The first-order valence-electron chi connectivity index (χ1n) is 10.4. The van der Waals surface area contributed by atoms with E-state index in [4.69, 9.17) is 9.47 Å². The van der Waals surface area contributed by atoms with Crippen LogP contribution in [0.5, 0.6) is 11.5 Å². The summed E-state index contributed by atoms with van der Waals surface area (Å²) >= 11 is 0. The number of aromatic nitrogens is 1. The van der Waals surface area contributed by atoms with Crippen molar-refractivity contribution in [3.05, 3.63) is 89.7 Å². The number of pyridine rings is 1. The third-order valence-electron chi connectivity index (χ3n) is 4.88. The molecule has 0 saturated carbocycles. The first-order valence-corrected chi connectivity index (χ1v) is 10.4. The summed E-state index contributed by atoms with van der Waals surface area (Å²) in [7, 11) is 3.61. The van der Waals surface area contributed by atoms with E-state index in [2.05, 4.69) is 27.3 Å².